The predicted molar refractivity (Wildman–Crippen MR) is 227 cm³/mol. The Kier molecular flexibility index (Phi) is 9.97. The first kappa shape index (κ1) is 37.6. The van der Waals surface area contributed by atoms with Crippen molar-refractivity contribution in [3.05, 3.63) is 80.1 Å². The Labute approximate surface area is 342 Å². The summed E-state index contributed by atoms with van der Waals surface area (Å²) in [6.45, 7) is 1.36. The minimum absolute atomic E-state index is 0.0426. The predicted octanol–water partition coefficient (Wildman–Crippen LogP) is 7.13. The van der Waals surface area contributed by atoms with Crippen molar-refractivity contribution in [3.8, 4) is 11.5 Å². The molecule has 14 nitrogen and oxygen atoms in total. The van der Waals surface area contributed by atoms with E-state index in [0.717, 1.165) is 108 Å². The number of aromatic nitrogens is 4. The molecule has 58 heavy (non-hydrogen) atoms. The molecular weight excluding hydrogens is 775 g/mol. The van der Waals surface area contributed by atoms with Crippen molar-refractivity contribution in [1.29, 1.82) is 0 Å². The molecule has 0 saturated carbocycles. The van der Waals surface area contributed by atoms with E-state index in [4.69, 9.17) is 9.47 Å². The van der Waals surface area contributed by atoms with Crippen LogP contribution < -0.4 is 20.1 Å². The second-order valence-corrected chi connectivity index (χ2v) is 17.1. The van der Waals surface area contributed by atoms with Crippen molar-refractivity contribution in [2.75, 3.05) is 38.9 Å². The molecule has 10 rings (SSSR count). The summed E-state index contributed by atoms with van der Waals surface area (Å²) in [5, 5.41) is 18.3. The van der Waals surface area contributed by atoms with Crippen LogP contribution in [-0.4, -0.2) is 82.6 Å². The molecule has 4 aromatic heterocycles. The van der Waals surface area contributed by atoms with Crippen LogP contribution in [0.5, 0.6) is 11.5 Å². The van der Waals surface area contributed by atoms with Crippen LogP contribution in [-0.2, 0) is 48.4 Å². The molecule has 6 aromatic rings. The molecule has 2 aliphatic carbocycles. The van der Waals surface area contributed by atoms with E-state index in [-0.39, 0.29) is 17.7 Å². The van der Waals surface area contributed by atoms with Gasteiger partial charge in [-0.05, 0) is 96.2 Å². The molecule has 16 heteroatoms. The number of carboxylic acids is 1. The fourth-order valence-corrected chi connectivity index (χ4v) is 10.8. The van der Waals surface area contributed by atoms with E-state index in [1.54, 1.807) is 54.4 Å². The molecule has 2 aliphatic heterocycles. The first-order valence-electron chi connectivity index (χ1n) is 19.1. The van der Waals surface area contributed by atoms with Gasteiger partial charge in [0, 0.05) is 42.2 Å². The second kappa shape index (κ2) is 15.4. The number of fused-ring (bicyclic) bond motifs is 8. The summed E-state index contributed by atoms with van der Waals surface area (Å²) in [5.74, 6) is 2.22. The standard InChI is InChI=1S/C22H23N5O2S.C20H18N4O3S/c1-27(2)22(28)12-4-5-15-18(8-12)30-21-19(15)20(24-11-25-21)26-16-6-13-9-23-10-14(13)7-17(16)29-3;1-27-15-5-12-8-21-7-11(12)4-14(15)24-18-17-13-3-2-10(20(25)26)6-16(13)28-19(17)23-9-22-18/h6-7,9,11-12H,4-5,8,10H2,1-3H3,(H,24,25,26);4-5,7,9-10H,2-3,6,8H2,1H3,(H,25,26)(H,22,23,24). The van der Waals surface area contributed by atoms with Gasteiger partial charge >= 0.3 is 5.97 Å². The van der Waals surface area contributed by atoms with Crippen LogP contribution in [0.4, 0.5) is 23.0 Å². The van der Waals surface area contributed by atoms with Gasteiger partial charge in [0.1, 0.15) is 45.5 Å². The number of aliphatic carboxylic acids is 1. The zero-order chi connectivity index (χ0) is 40.1. The number of carbonyl (C=O) groups is 2. The van der Waals surface area contributed by atoms with E-state index in [1.165, 1.54) is 16.0 Å². The molecule has 0 spiro atoms. The van der Waals surface area contributed by atoms with Gasteiger partial charge in [-0.3, -0.25) is 19.6 Å². The van der Waals surface area contributed by atoms with Crippen molar-refractivity contribution in [3.63, 3.8) is 0 Å². The minimum Gasteiger partial charge on any atom is -0.495 e. The van der Waals surface area contributed by atoms with Gasteiger partial charge in [0.05, 0.1) is 55.4 Å². The van der Waals surface area contributed by atoms with Gasteiger partial charge in [-0.25, -0.2) is 19.9 Å². The minimum atomic E-state index is -0.725. The van der Waals surface area contributed by atoms with E-state index in [0.29, 0.717) is 25.9 Å². The summed E-state index contributed by atoms with van der Waals surface area (Å²) < 4.78 is 11.2. The number of nitrogens with zero attached hydrogens (tertiary/aromatic N) is 7. The lowest BCUT2D eigenvalue weighted by Gasteiger charge is -2.24. The highest BCUT2D eigenvalue weighted by Gasteiger charge is 2.31. The molecule has 3 N–H and O–H groups in total. The maximum Gasteiger partial charge on any atom is 0.306 e. The van der Waals surface area contributed by atoms with E-state index >= 15 is 0 Å². The number of benzene rings is 2. The maximum absolute atomic E-state index is 12.5. The Morgan fingerprint density at radius 2 is 1.21 bits per heavy atom. The fourth-order valence-electron chi connectivity index (χ4n) is 8.26. The quantitative estimate of drug-likeness (QED) is 0.142. The molecule has 296 valence electrons. The van der Waals surface area contributed by atoms with Crippen molar-refractivity contribution in [1.82, 2.24) is 24.8 Å². The van der Waals surface area contributed by atoms with Crippen molar-refractivity contribution in [2.24, 2.45) is 21.8 Å². The number of rotatable bonds is 8. The molecule has 0 saturated heterocycles. The average Bonchev–Trinajstić information content (AvgIpc) is 4.04. The average molecular weight is 816 g/mol. The van der Waals surface area contributed by atoms with Crippen LogP contribution in [0, 0.1) is 11.8 Å². The zero-order valence-electron chi connectivity index (χ0n) is 32.5. The number of ether oxygens (including phenoxy) is 2. The molecule has 0 radical (unpaired) electrons. The SMILES string of the molecule is COc1cc2c(cc1Nc1ncnc3sc4c(c13)CCC(C(=O)N(C)C)C4)C=NC2.COc1cc2c(cc1Nc1ncnc3sc4c(c13)CCC(C(=O)O)C4)C=NC2. The van der Waals surface area contributed by atoms with Gasteiger partial charge < -0.3 is 30.1 Å². The molecule has 2 unspecified atom stereocenters. The lowest BCUT2D eigenvalue weighted by Crippen LogP contribution is -2.32. The number of amides is 1. The molecule has 2 atom stereocenters. The number of anilines is 4. The fraction of sp³-hybridized carbons (Fsp3) is 0.333. The molecule has 1 amide bonds. The summed E-state index contributed by atoms with van der Waals surface area (Å²) >= 11 is 3.24. The molecule has 0 bridgehead atoms. The van der Waals surface area contributed by atoms with E-state index in [9.17, 15) is 14.7 Å². The highest BCUT2D eigenvalue weighted by Crippen LogP contribution is 2.43. The third-order valence-electron chi connectivity index (χ3n) is 11.2. The number of thiophene rings is 2. The van der Waals surface area contributed by atoms with Crippen LogP contribution in [0.2, 0.25) is 0 Å². The number of hydrogen-bond donors (Lipinski definition) is 3. The number of aryl methyl sites for hydroxylation is 2. The van der Waals surface area contributed by atoms with E-state index in [1.807, 2.05) is 44.7 Å². The number of nitrogens with one attached hydrogen (secondary N) is 2. The van der Waals surface area contributed by atoms with Gasteiger partial charge in [0.25, 0.3) is 0 Å². The molecular formula is C42H41N9O5S2. The maximum atomic E-state index is 12.5. The van der Waals surface area contributed by atoms with Gasteiger partial charge in [-0.1, -0.05) is 0 Å². The number of aliphatic imine (C=N–C) groups is 2. The molecule has 2 aromatic carbocycles. The van der Waals surface area contributed by atoms with Crippen LogP contribution in [0.25, 0.3) is 20.4 Å². The monoisotopic (exact) mass is 815 g/mol. The lowest BCUT2D eigenvalue weighted by atomic mass is 9.87. The Morgan fingerprint density at radius 3 is 1.67 bits per heavy atom. The summed E-state index contributed by atoms with van der Waals surface area (Å²) in [5.41, 5.74) is 8.60. The summed E-state index contributed by atoms with van der Waals surface area (Å²) in [7, 11) is 6.97. The smallest absolute Gasteiger partial charge is 0.306 e. The summed E-state index contributed by atoms with van der Waals surface area (Å²) in [6, 6.07) is 8.12. The highest BCUT2D eigenvalue weighted by atomic mass is 32.1. The first-order chi connectivity index (χ1) is 28.2. The Balaban J connectivity index is 0.000000151. The Hall–Kier alpha value is -6.00. The first-order valence-corrected chi connectivity index (χ1v) is 20.7. The van der Waals surface area contributed by atoms with Crippen molar-refractivity contribution < 1.29 is 24.2 Å². The molecule has 4 aliphatic rings. The third-order valence-corrected chi connectivity index (χ3v) is 13.6. The second-order valence-electron chi connectivity index (χ2n) is 15.0. The highest BCUT2D eigenvalue weighted by molar-refractivity contribution is 7.19. The summed E-state index contributed by atoms with van der Waals surface area (Å²) in [4.78, 5) is 56.4. The normalized spacial score (nSPS) is 17.2. The van der Waals surface area contributed by atoms with Gasteiger partial charge in [-0.15, -0.1) is 22.7 Å². The van der Waals surface area contributed by atoms with Gasteiger partial charge in [0.15, 0.2) is 0 Å². The Morgan fingerprint density at radius 1 is 0.724 bits per heavy atom. The number of hydrogen-bond acceptors (Lipinski definition) is 14. The number of methoxy groups -OCH3 is 2. The van der Waals surface area contributed by atoms with Crippen LogP contribution in [0.1, 0.15) is 56.0 Å². The van der Waals surface area contributed by atoms with Crippen LogP contribution in [0.15, 0.2) is 46.9 Å². The molecule has 6 heterocycles. The van der Waals surface area contributed by atoms with Gasteiger partial charge in [0.2, 0.25) is 5.91 Å². The third kappa shape index (κ3) is 6.89. The molecule has 0 fully saturated rings. The number of carbonyl (C=O) groups excluding carboxylic acids is 1. The van der Waals surface area contributed by atoms with E-state index in [2.05, 4.69) is 46.6 Å². The van der Waals surface area contributed by atoms with Gasteiger partial charge in [-0.2, -0.15) is 0 Å². The van der Waals surface area contributed by atoms with E-state index < -0.39 is 5.97 Å². The summed E-state index contributed by atoms with van der Waals surface area (Å²) in [6.07, 6.45) is 11.3. The largest absolute Gasteiger partial charge is 0.495 e. The van der Waals surface area contributed by atoms with Crippen molar-refractivity contribution >= 4 is 90.4 Å². The Bertz CT molecular complexity index is 2690. The van der Waals surface area contributed by atoms with Crippen LogP contribution >= 0.6 is 22.7 Å². The number of carboxylic acid groups (broad SMARTS) is 1. The van der Waals surface area contributed by atoms with Crippen LogP contribution in [0.3, 0.4) is 0 Å². The lowest BCUT2D eigenvalue weighted by molar-refractivity contribution is -0.142. The van der Waals surface area contributed by atoms with Crippen molar-refractivity contribution in [2.45, 2.75) is 51.6 Å². The topological polar surface area (TPSA) is 176 Å². The zero-order valence-corrected chi connectivity index (χ0v) is 34.1.